The first-order chi connectivity index (χ1) is 10.9. The molecule has 0 fully saturated rings. The molecule has 2 aromatic rings. The molecule has 2 rings (SSSR count). The number of amides is 1. The SMILES string of the molecule is CCN(CC(C)(C)O)C(=O)c1ccc(Oc2cccnc2)cc1. The number of aromatic nitrogens is 1. The van der Waals surface area contributed by atoms with Gasteiger partial charge in [-0.1, -0.05) is 0 Å². The molecular weight excluding hydrogens is 292 g/mol. The van der Waals surface area contributed by atoms with Gasteiger partial charge in [-0.05, 0) is 57.2 Å². The molecule has 0 bridgehead atoms. The predicted octanol–water partition coefficient (Wildman–Crippen LogP) is 3.11. The molecule has 0 spiro atoms. The molecule has 0 aliphatic rings. The molecule has 1 aromatic heterocycles. The molecule has 122 valence electrons. The highest BCUT2D eigenvalue weighted by Crippen LogP contribution is 2.21. The molecule has 0 atom stereocenters. The lowest BCUT2D eigenvalue weighted by atomic mass is 10.1. The minimum absolute atomic E-state index is 0.109. The Morgan fingerprint density at radius 2 is 1.91 bits per heavy atom. The lowest BCUT2D eigenvalue weighted by Crippen LogP contribution is -2.42. The van der Waals surface area contributed by atoms with E-state index in [1.54, 1.807) is 61.5 Å². The number of carbonyl (C=O) groups excluding carboxylic acids is 1. The fourth-order valence-electron chi connectivity index (χ4n) is 2.19. The topological polar surface area (TPSA) is 62.7 Å². The average molecular weight is 314 g/mol. The summed E-state index contributed by atoms with van der Waals surface area (Å²) in [6.07, 6.45) is 3.30. The van der Waals surface area contributed by atoms with Crippen LogP contribution >= 0.6 is 0 Å². The second-order valence-corrected chi connectivity index (χ2v) is 5.95. The van der Waals surface area contributed by atoms with Crippen LogP contribution < -0.4 is 4.74 Å². The monoisotopic (exact) mass is 314 g/mol. The molecule has 0 saturated heterocycles. The van der Waals surface area contributed by atoms with Crippen molar-refractivity contribution < 1.29 is 14.6 Å². The maximum absolute atomic E-state index is 12.5. The maximum Gasteiger partial charge on any atom is 0.253 e. The Balaban J connectivity index is 2.07. The molecule has 5 nitrogen and oxygen atoms in total. The number of pyridine rings is 1. The molecule has 1 amide bonds. The first kappa shape index (κ1) is 17.0. The van der Waals surface area contributed by atoms with Gasteiger partial charge in [0.15, 0.2) is 0 Å². The molecule has 0 radical (unpaired) electrons. The molecule has 0 saturated carbocycles. The quantitative estimate of drug-likeness (QED) is 0.890. The molecule has 0 unspecified atom stereocenters. The Morgan fingerprint density at radius 1 is 1.22 bits per heavy atom. The normalized spacial score (nSPS) is 11.1. The Bertz CT molecular complexity index is 634. The first-order valence-corrected chi connectivity index (χ1v) is 7.58. The second kappa shape index (κ2) is 7.24. The van der Waals surface area contributed by atoms with Crippen LogP contribution in [0.1, 0.15) is 31.1 Å². The van der Waals surface area contributed by atoms with E-state index < -0.39 is 5.60 Å². The van der Waals surface area contributed by atoms with Gasteiger partial charge in [0.1, 0.15) is 11.5 Å². The zero-order valence-corrected chi connectivity index (χ0v) is 13.7. The summed E-state index contributed by atoms with van der Waals surface area (Å²) in [6.45, 7) is 6.10. The van der Waals surface area contributed by atoms with Gasteiger partial charge in [-0.15, -0.1) is 0 Å². The van der Waals surface area contributed by atoms with Gasteiger partial charge in [0.05, 0.1) is 11.8 Å². The van der Waals surface area contributed by atoms with E-state index in [1.165, 1.54) is 0 Å². The van der Waals surface area contributed by atoms with E-state index in [2.05, 4.69) is 4.98 Å². The summed E-state index contributed by atoms with van der Waals surface area (Å²) in [5.41, 5.74) is -0.357. The summed E-state index contributed by atoms with van der Waals surface area (Å²) in [4.78, 5) is 18.1. The summed E-state index contributed by atoms with van der Waals surface area (Å²) in [6, 6.07) is 10.6. The van der Waals surface area contributed by atoms with E-state index in [4.69, 9.17) is 4.74 Å². The third-order valence-electron chi connectivity index (χ3n) is 3.22. The number of hydrogen-bond acceptors (Lipinski definition) is 4. The van der Waals surface area contributed by atoms with Gasteiger partial charge in [-0.2, -0.15) is 0 Å². The molecule has 1 N–H and O–H groups in total. The van der Waals surface area contributed by atoms with Gasteiger partial charge >= 0.3 is 0 Å². The summed E-state index contributed by atoms with van der Waals surface area (Å²) < 4.78 is 5.65. The molecular formula is C18H22N2O3. The van der Waals surface area contributed by atoms with E-state index in [0.717, 1.165) is 0 Å². The van der Waals surface area contributed by atoms with Gasteiger partial charge in [0.2, 0.25) is 0 Å². The summed E-state index contributed by atoms with van der Waals surface area (Å²) in [5, 5.41) is 9.90. The van der Waals surface area contributed by atoms with Crippen LogP contribution in [-0.4, -0.2) is 39.6 Å². The first-order valence-electron chi connectivity index (χ1n) is 7.58. The maximum atomic E-state index is 12.5. The van der Waals surface area contributed by atoms with Crippen molar-refractivity contribution in [1.82, 2.24) is 9.88 Å². The highest BCUT2D eigenvalue weighted by molar-refractivity contribution is 5.94. The van der Waals surface area contributed by atoms with Gasteiger partial charge in [-0.3, -0.25) is 9.78 Å². The Morgan fingerprint density at radius 3 is 2.43 bits per heavy atom. The number of rotatable bonds is 6. The Labute approximate surface area is 136 Å². The van der Waals surface area contributed by atoms with Gasteiger partial charge in [-0.25, -0.2) is 0 Å². The van der Waals surface area contributed by atoms with Crippen LogP contribution in [0.25, 0.3) is 0 Å². The molecule has 23 heavy (non-hydrogen) atoms. The number of nitrogens with zero attached hydrogens (tertiary/aromatic N) is 2. The van der Waals surface area contributed by atoms with Gasteiger partial charge in [0.25, 0.3) is 5.91 Å². The van der Waals surface area contributed by atoms with E-state index in [1.807, 2.05) is 13.0 Å². The Kier molecular flexibility index (Phi) is 5.34. The third kappa shape index (κ3) is 5.07. The third-order valence-corrected chi connectivity index (χ3v) is 3.22. The Hall–Kier alpha value is -2.40. The average Bonchev–Trinajstić information content (AvgIpc) is 2.53. The zero-order valence-electron chi connectivity index (χ0n) is 13.7. The second-order valence-electron chi connectivity index (χ2n) is 5.95. The van der Waals surface area contributed by atoms with Crippen molar-refractivity contribution in [3.8, 4) is 11.5 Å². The van der Waals surface area contributed by atoms with Crippen molar-refractivity contribution in [1.29, 1.82) is 0 Å². The van der Waals surface area contributed by atoms with Gasteiger partial charge in [0, 0.05) is 24.8 Å². The van der Waals surface area contributed by atoms with Crippen molar-refractivity contribution in [2.45, 2.75) is 26.4 Å². The van der Waals surface area contributed by atoms with E-state index in [9.17, 15) is 9.90 Å². The van der Waals surface area contributed by atoms with Crippen LogP contribution in [0.5, 0.6) is 11.5 Å². The van der Waals surface area contributed by atoms with Crippen molar-refractivity contribution >= 4 is 5.91 Å². The van der Waals surface area contributed by atoms with Crippen molar-refractivity contribution in [3.63, 3.8) is 0 Å². The predicted molar refractivity (Wildman–Crippen MR) is 88.6 cm³/mol. The highest BCUT2D eigenvalue weighted by atomic mass is 16.5. The number of benzene rings is 1. The van der Waals surface area contributed by atoms with E-state index in [0.29, 0.717) is 23.6 Å². The molecule has 1 heterocycles. The lowest BCUT2D eigenvalue weighted by Gasteiger charge is -2.28. The van der Waals surface area contributed by atoms with Crippen molar-refractivity contribution in [2.24, 2.45) is 0 Å². The highest BCUT2D eigenvalue weighted by Gasteiger charge is 2.22. The van der Waals surface area contributed by atoms with Crippen LogP contribution in [0, 0.1) is 0 Å². The van der Waals surface area contributed by atoms with E-state index >= 15 is 0 Å². The molecule has 1 aromatic carbocycles. The number of carbonyl (C=O) groups is 1. The van der Waals surface area contributed by atoms with Crippen LogP contribution in [0.3, 0.4) is 0 Å². The zero-order chi connectivity index (χ0) is 16.9. The fourth-order valence-corrected chi connectivity index (χ4v) is 2.19. The number of likely N-dealkylation sites (N-methyl/N-ethyl adjacent to an activating group) is 1. The van der Waals surface area contributed by atoms with Crippen LogP contribution in [0.15, 0.2) is 48.8 Å². The number of aliphatic hydroxyl groups is 1. The van der Waals surface area contributed by atoms with Crippen LogP contribution in [0.4, 0.5) is 0 Å². The summed E-state index contributed by atoms with van der Waals surface area (Å²) in [7, 11) is 0. The molecule has 0 aliphatic heterocycles. The van der Waals surface area contributed by atoms with Crippen molar-refractivity contribution in [3.05, 3.63) is 54.4 Å². The lowest BCUT2D eigenvalue weighted by molar-refractivity contribution is 0.0314. The summed E-state index contributed by atoms with van der Waals surface area (Å²) in [5.74, 6) is 1.17. The van der Waals surface area contributed by atoms with Crippen molar-refractivity contribution in [2.75, 3.05) is 13.1 Å². The number of hydrogen-bond donors (Lipinski definition) is 1. The van der Waals surface area contributed by atoms with Crippen LogP contribution in [0.2, 0.25) is 0 Å². The van der Waals surface area contributed by atoms with E-state index in [-0.39, 0.29) is 12.5 Å². The minimum Gasteiger partial charge on any atom is -0.456 e. The standard InChI is InChI=1S/C18H22N2O3/c1-4-20(13-18(2,3)22)17(21)14-7-9-15(10-8-14)23-16-6-5-11-19-12-16/h5-12,22H,4,13H2,1-3H3. The van der Waals surface area contributed by atoms with Gasteiger partial charge < -0.3 is 14.7 Å². The molecule has 0 aliphatic carbocycles. The summed E-state index contributed by atoms with van der Waals surface area (Å²) >= 11 is 0. The number of ether oxygens (including phenoxy) is 1. The van der Waals surface area contributed by atoms with Crippen LogP contribution in [-0.2, 0) is 0 Å². The minimum atomic E-state index is -0.922. The smallest absolute Gasteiger partial charge is 0.253 e. The molecule has 5 heteroatoms. The largest absolute Gasteiger partial charge is 0.456 e. The fraction of sp³-hybridized carbons (Fsp3) is 0.333.